The third-order valence-electron chi connectivity index (χ3n) is 3.96. The first kappa shape index (κ1) is 18.3. The molecule has 0 spiro atoms. The number of carbonyl (C=O) groups is 1. The van der Waals surface area contributed by atoms with Gasteiger partial charge in [-0.2, -0.15) is 0 Å². The lowest BCUT2D eigenvalue weighted by molar-refractivity contribution is -0.129. The van der Waals surface area contributed by atoms with Crippen LogP contribution in [0.2, 0.25) is 0 Å². The molecule has 0 aromatic heterocycles. The minimum Gasteiger partial charge on any atom is -0.497 e. The lowest BCUT2D eigenvalue weighted by atomic mass is 10.1. The van der Waals surface area contributed by atoms with Gasteiger partial charge >= 0.3 is 5.97 Å². The van der Waals surface area contributed by atoms with Gasteiger partial charge in [0, 0.05) is 11.1 Å². The Kier molecular flexibility index (Phi) is 5.30. The van der Waals surface area contributed by atoms with E-state index < -0.39 is 5.97 Å². The second kappa shape index (κ2) is 7.82. The first-order valence-electron chi connectivity index (χ1n) is 8.07. The molecule has 1 heterocycles. The van der Waals surface area contributed by atoms with Gasteiger partial charge in [-0.3, -0.25) is 0 Å². The number of hydrogen-bond acceptors (Lipinski definition) is 7. The van der Waals surface area contributed by atoms with Gasteiger partial charge in [0.15, 0.2) is 17.2 Å². The minimum absolute atomic E-state index is 0.151. The Labute approximate surface area is 156 Å². The van der Waals surface area contributed by atoms with Crippen LogP contribution in [0.3, 0.4) is 0 Å². The highest BCUT2D eigenvalue weighted by Gasteiger charge is 2.25. The van der Waals surface area contributed by atoms with Crippen molar-refractivity contribution in [3.05, 3.63) is 53.2 Å². The monoisotopic (exact) mass is 369 g/mol. The Morgan fingerprint density at radius 2 is 1.70 bits per heavy atom. The van der Waals surface area contributed by atoms with E-state index in [1.165, 1.54) is 21.3 Å². The molecule has 7 nitrogen and oxygen atoms in total. The lowest BCUT2D eigenvalue weighted by Crippen LogP contribution is -2.05. The summed E-state index contributed by atoms with van der Waals surface area (Å²) in [4.78, 5) is 16.6. The van der Waals surface area contributed by atoms with E-state index in [2.05, 4.69) is 4.99 Å². The summed E-state index contributed by atoms with van der Waals surface area (Å²) >= 11 is 0. The summed E-state index contributed by atoms with van der Waals surface area (Å²) in [7, 11) is 6.13. The van der Waals surface area contributed by atoms with Crippen molar-refractivity contribution in [2.45, 2.75) is 0 Å². The maximum absolute atomic E-state index is 12.3. The predicted octanol–water partition coefficient (Wildman–Crippen LogP) is 3.07. The first-order valence-corrected chi connectivity index (χ1v) is 8.07. The minimum atomic E-state index is -0.551. The van der Waals surface area contributed by atoms with Gasteiger partial charge in [0.05, 0.1) is 28.4 Å². The molecule has 0 radical (unpaired) electrons. The SMILES string of the molecule is COc1cccc(C2=NC(=Cc3ccc(OC)c(OC)c3OC)C(=O)O2)c1. The number of benzene rings is 2. The average molecular weight is 369 g/mol. The van der Waals surface area contributed by atoms with Crippen LogP contribution in [-0.2, 0) is 9.53 Å². The van der Waals surface area contributed by atoms with Crippen molar-refractivity contribution in [1.29, 1.82) is 0 Å². The molecule has 140 valence electrons. The van der Waals surface area contributed by atoms with Crippen molar-refractivity contribution < 1.29 is 28.5 Å². The molecule has 2 aromatic carbocycles. The van der Waals surface area contributed by atoms with Gasteiger partial charge in [-0.15, -0.1) is 0 Å². The van der Waals surface area contributed by atoms with Crippen molar-refractivity contribution in [2.24, 2.45) is 4.99 Å². The summed E-state index contributed by atoms with van der Waals surface area (Å²) in [5, 5.41) is 0. The van der Waals surface area contributed by atoms with Gasteiger partial charge in [-0.25, -0.2) is 9.79 Å². The van der Waals surface area contributed by atoms with Crippen LogP contribution in [0.4, 0.5) is 0 Å². The van der Waals surface area contributed by atoms with Gasteiger partial charge in [0.1, 0.15) is 5.75 Å². The molecule has 0 atom stereocenters. The van der Waals surface area contributed by atoms with Crippen molar-refractivity contribution >= 4 is 17.9 Å². The standard InChI is InChI=1S/C20H19NO6/c1-23-14-7-5-6-13(10-14)19-21-15(20(22)27-19)11-12-8-9-16(24-2)18(26-4)17(12)25-3/h5-11H,1-4H3. The lowest BCUT2D eigenvalue weighted by Gasteiger charge is -2.14. The number of rotatable bonds is 6. The van der Waals surface area contributed by atoms with Gasteiger partial charge in [0.25, 0.3) is 0 Å². The number of cyclic esters (lactones) is 1. The van der Waals surface area contributed by atoms with E-state index in [0.717, 1.165) is 0 Å². The predicted molar refractivity (Wildman–Crippen MR) is 99.7 cm³/mol. The highest BCUT2D eigenvalue weighted by Crippen LogP contribution is 2.40. The zero-order valence-corrected chi connectivity index (χ0v) is 15.4. The van der Waals surface area contributed by atoms with Crippen molar-refractivity contribution in [1.82, 2.24) is 0 Å². The number of carbonyl (C=O) groups excluding carboxylic acids is 1. The van der Waals surface area contributed by atoms with Crippen LogP contribution in [0.1, 0.15) is 11.1 Å². The Morgan fingerprint density at radius 3 is 2.37 bits per heavy atom. The van der Waals surface area contributed by atoms with Gasteiger partial charge < -0.3 is 23.7 Å². The van der Waals surface area contributed by atoms with Crippen LogP contribution in [0, 0.1) is 0 Å². The third-order valence-corrected chi connectivity index (χ3v) is 3.96. The van der Waals surface area contributed by atoms with E-state index in [9.17, 15) is 4.79 Å². The fourth-order valence-corrected chi connectivity index (χ4v) is 2.67. The Hall–Kier alpha value is -3.48. The first-order chi connectivity index (χ1) is 13.1. The molecule has 0 aliphatic carbocycles. The summed E-state index contributed by atoms with van der Waals surface area (Å²) < 4.78 is 26.5. The molecule has 0 saturated carbocycles. The zero-order valence-electron chi connectivity index (χ0n) is 15.4. The number of nitrogens with zero attached hydrogens (tertiary/aromatic N) is 1. The normalized spacial score (nSPS) is 14.6. The number of esters is 1. The summed E-state index contributed by atoms with van der Waals surface area (Å²) in [5.74, 6) is 1.69. The fraction of sp³-hybridized carbons (Fsp3) is 0.200. The topological polar surface area (TPSA) is 75.6 Å². The maximum Gasteiger partial charge on any atom is 0.363 e. The summed E-state index contributed by atoms with van der Waals surface area (Å²) in [6.45, 7) is 0. The quantitative estimate of drug-likeness (QED) is 0.575. The molecule has 1 aliphatic heterocycles. The third kappa shape index (κ3) is 3.57. The summed E-state index contributed by atoms with van der Waals surface area (Å²) in [5.41, 5.74) is 1.40. The molecule has 0 unspecified atom stereocenters. The molecule has 3 rings (SSSR count). The Balaban J connectivity index is 2.02. The van der Waals surface area contributed by atoms with Crippen LogP contribution < -0.4 is 18.9 Å². The van der Waals surface area contributed by atoms with E-state index in [4.69, 9.17) is 23.7 Å². The summed E-state index contributed by atoms with van der Waals surface area (Å²) in [6.07, 6.45) is 1.58. The van der Waals surface area contributed by atoms with Crippen LogP contribution >= 0.6 is 0 Å². The van der Waals surface area contributed by atoms with Crippen molar-refractivity contribution in [3.63, 3.8) is 0 Å². The molecular weight excluding hydrogens is 350 g/mol. The highest BCUT2D eigenvalue weighted by atomic mass is 16.6. The fourth-order valence-electron chi connectivity index (χ4n) is 2.67. The Bertz CT molecular complexity index is 932. The van der Waals surface area contributed by atoms with E-state index >= 15 is 0 Å². The largest absolute Gasteiger partial charge is 0.497 e. The van der Waals surface area contributed by atoms with Crippen molar-refractivity contribution in [3.8, 4) is 23.0 Å². The Morgan fingerprint density at radius 1 is 0.926 bits per heavy atom. The molecule has 0 fully saturated rings. The van der Waals surface area contributed by atoms with Crippen LogP contribution in [-0.4, -0.2) is 40.3 Å². The van der Waals surface area contributed by atoms with Crippen LogP contribution in [0.25, 0.3) is 6.08 Å². The number of hydrogen-bond donors (Lipinski definition) is 0. The van der Waals surface area contributed by atoms with E-state index in [-0.39, 0.29) is 11.6 Å². The zero-order chi connectivity index (χ0) is 19.4. The highest BCUT2D eigenvalue weighted by molar-refractivity contribution is 6.13. The smallest absolute Gasteiger partial charge is 0.363 e. The molecule has 0 amide bonds. The molecular formula is C20H19NO6. The van der Waals surface area contributed by atoms with E-state index in [0.29, 0.717) is 34.1 Å². The second-order valence-electron chi connectivity index (χ2n) is 5.49. The van der Waals surface area contributed by atoms with E-state index in [1.54, 1.807) is 49.6 Å². The molecule has 0 N–H and O–H groups in total. The molecule has 1 aliphatic rings. The van der Waals surface area contributed by atoms with Gasteiger partial charge in [-0.05, 0) is 36.4 Å². The van der Waals surface area contributed by atoms with Gasteiger partial charge in [-0.1, -0.05) is 6.07 Å². The van der Waals surface area contributed by atoms with E-state index in [1.807, 2.05) is 0 Å². The number of aliphatic imine (C=N–C) groups is 1. The molecule has 0 saturated heterocycles. The number of ether oxygens (including phenoxy) is 5. The molecule has 7 heteroatoms. The van der Waals surface area contributed by atoms with Crippen LogP contribution in [0.15, 0.2) is 47.1 Å². The molecule has 27 heavy (non-hydrogen) atoms. The van der Waals surface area contributed by atoms with Crippen molar-refractivity contribution in [2.75, 3.05) is 28.4 Å². The van der Waals surface area contributed by atoms with Crippen LogP contribution in [0.5, 0.6) is 23.0 Å². The number of methoxy groups -OCH3 is 4. The van der Waals surface area contributed by atoms with Gasteiger partial charge in [0.2, 0.25) is 11.6 Å². The summed E-state index contributed by atoms with van der Waals surface area (Å²) in [6, 6.07) is 10.6. The molecule has 0 bridgehead atoms. The average Bonchev–Trinajstić information content (AvgIpc) is 3.07. The maximum atomic E-state index is 12.3. The second-order valence-corrected chi connectivity index (χ2v) is 5.49. The molecule has 2 aromatic rings.